The smallest absolute Gasteiger partial charge is 0.272 e. The zero-order valence-electron chi connectivity index (χ0n) is 17.1. The van der Waals surface area contributed by atoms with E-state index in [-0.39, 0.29) is 23.9 Å². The van der Waals surface area contributed by atoms with Gasteiger partial charge in [0.15, 0.2) is 11.5 Å². The molecule has 31 heavy (non-hydrogen) atoms. The highest BCUT2D eigenvalue weighted by atomic mass is 35.5. The average molecular weight is 464 g/mol. The monoisotopic (exact) mass is 463 g/mol. The third kappa shape index (κ3) is 4.00. The van der Waals surface area contributed by atoms with Crippen molar-refractivity contribution in [1.29, 1.82) is 0 Å². The second-order valence-electron chi connectivity index (χ2n) is 7.38. The summed E-state index contributed by atoms with van der Waals surface area (Å²) < 4.78 is 38.1. The lowest BCUT2D eigenvalue weighted by Crippen LogP contribution is -2.52. The molecule has 2 aliphatic rings. The molecule has 0 unspecified atom stereocenters. The van der Waals surface area contributed by atoms with Crippen molar-refractivity contribution in [3.05, 3.63) is 53.1 Å². The number of aliphatic imine (C=N–C) groups is 1. The molecule has 1 saturated heterocycles. The van der Waals surface area contributed by atoms with E-state index in [4.69, 9.17) is 21.1 Å². The zero-order chi connectivity index (χ0) is 22.2. The van der Waals surface area contributed by atoms with Crippen molar-refractivity contribution < 1.29 is 22.7 Å². The number of rotatable bonds is 5. The maximum absolute atomic E-state index is 13.1. The van der Waals surface area contributed by atoms with Crippen LogP contribution in [0.1, 0.15) is 18.4 Å². The Bertz CT molecular complexity index is 1160. The van der Waals surface area contributed by atoms with Crippen molar-refractivity contribution in [1.82, 2.24) is 9.62 Å². The predicted molar refractivity (Wildman–Crippen MR) is 116 cm³/mol. The lowest BCUT2D eigenvalue weighted by atomic mass is 10.00. The Morgan fingerprint density at radius 2 is 1.77 bits per heavy atom. The number of benzene rings is 2. The molecule has 0 radical (unpaired) electrons. The van der Waals surface area contributed by atoms with Crippen molar-refractivity contribution in [3.8, 4) is 11.5 Å². The van der Waals surface area contributed by atoms with Gasteiger partial charge in [-0.05, 0) is 24.3 Å². The van der Waals surface area contributed by atoms with Gasteiger partial charge in [0, 0.05) is 42.6 Å². The van der Waals surface area contributed by atoms with Crippen LogP contribution in [0.4, 0.5) is 0 Å². The molecule has 0 saturated carbocycles. The molecule has 1 spiro atoms. The molecule has 0 atom stereocenters. The van der Waals surface area contributed by atoms with Crippen LogP contribution in [0.3, 0.4) is 0 Å². The molecule has 164 valence electrons. The number of piperidine rings is 1. The van der Waals surface area contributed by atoms with Gasteiger partial charge in [0.2, 0.25) is 10.0 Å². The van der Waals surface area contributed by atoms with Gasteiger partial charge in [0.25, 0.3) is 5.91 Å². The summed E-state index contributed by atoms with van der Waals surface area (Å²) in [5.41, 5.74) is 0.152. The summed E-state index contributed by atoms with van der Waals surface area (Å²) in [6, 6.07) is 11.5. The van der Waals surface area contributed by atoms with Gasteiger partial charge in [-0.3, -0.25) is 9.79 Å². The van der Waals surface area contributed by atoms with Crippen LogP contribution in [0.25, 0.3) is 0 Å². The molecule has 10 heteroatoms. The SMILES string of the molecule is COc1ccc(S(=O)(=O)N2CCC3(CC2)N=C(c2cccc(Cl)c2)C(=O)N3)cc1OC. The minimum absolute atomic E-state index is 0.125. The van der Waals surface area contributed by atoms with Gasteiger partial charge in [-0.15, -0.1) is 0 Å². The number of hydrogen-bond donors (Lipinski definition) is 1. The van der Waals surface area contributed by atoms with Crippen molar-refractivity contribution in [3.63, 3.8) is 0 Å². The number of amides is 1. The molecular formula is C21H22ClN3O5S. The number of nitrogens with one attached hydrogen (secondary N) is 1. The van der Waals surface area contributed by atoms with Crippen LogP contribution < -0.4 is 14.8 Å². The summed E-state index contributed by atoms with van der Waals surface area (Å²) >= 11 is 6.04. The molecule has 2 aromatic carbocycles. The van der Waals surface area contributed by atoms with Crippen LogP contribution in [-0.2, 0) is 14.8 Å². The quantitative estimate of drug-likeness (QED) is 0.734. The third-order valence-corrected chi connectivity index (χ3v) is 7.66. The highest BCUT2D eigenvalue weighted by Crippen LogP contribution is 2.34. The van der Waals surface area contributed by atoms with Gasteiger partial charge in [0.1, 0.15) is 11.4 Å². The number of hydrogen-bond acceptors (Lipinski definition) is 6. The molecule has 0 aromatic heterocycles. The van der Waals surface area contributed by atoms with E-state index in [1.54, 1.807) is 30.3 Å². The van der Waals surface area contributed by atoms with E-state index in [0.717, 1.165) is 0 Å². The second-order valence-corrected chi connectivity index (χ2v) is 9.75. The second kappa shape index (κ2) is 8.14. The first-order valence-corrected chi connectivity index (χ1v) is 11.5. The fourth-order valence-corrected chi connectivity index (χ4v) is 5.50. The van der Waals surface area contributed by atoms with Crippen molar-refractivity contribution >= 4 is 33.2 Å². The Morgan fingerprint density at radius 1 is 1.06 bits per heavy atom. The molecule has 2 aliphatic heterocycles. The first kappa shape index (κ1) is 21.6. The Labute approximate surface area is 185 Å². The molecule has 0 bridgehead atoms. The summed E-state index contributed by atoms with van der Waals surface area (Å²) in [5.74, 6) is 0.518. The topological polar surface area (TPSA) is 97.3 Å². The summed E-state index contributed by atoms with van der Waals surface area (Å²) in [5, 5.41) is 3.46. The number of ether oxygens (including phenoxy) is 2. The minimum atomic E-state index is -3.73. The number of nitrogens with zero attached hydrogens (tertiary/aromatic N) is 2. The van der Waals surface area contributed by atoms with Gasteiger partial charge < -0.3 is 14.8 Å². The van der Waals surface area contributed by atoms with Crippen LogP contribution in [0.15, 0.2) is 52.4 Å². The van der Waals surface area contributed by atoms with Crippen molar-refractivity contribution in [2.45, 2.75) is 23.4 Å². The Kier molecular flexibility index (Phi) is 5.67. The van der Waals surface area contributed by atoms with Crippen LogP contribution in [0.5, 0.6) is 11.5 Å². The van der Waals surface area contributed by atoms with E-state index in [9.17, 15) is 13.2 Å². The summed E-state index contributed by atoms with van der Waals surface area (Å²) in [7, 11) is -0.786. The van der Waals surface area contributed by atoms with Gasteiger partial charge in [-0.25, -0.2) is 8.42 Å². The maximum atomic E-state index is 13.1. The van der Waals surface area contributed by atoms with E-state index in [2.05, 4.69) is 10.3 Å². The standard InChI is InChI=1S/C21H22ClN3O5S/c1-29-17-7-6-16(13-18(17)30-2)31(27,28)25-10-8-21(9-11-25)23-19(20(26)24-21)14-4-3-5-15(22)12-14/h3-7,12-13H,8-11H2,1-2H3,(H,24,26). The molecule has 1 fully saturated rings. The molecule has 2 aromatic rings. The van der Waals surface area contributed by atoms with E-state index < -0.39 is 15.7 Å². The third-order valence-electron chi connectivity index (χ3n) is 5.53. The highest BCUT2D eigenvalue weighted by Gasteiger charge is 2.44. The maximum Gasteiger partial charge on any atom is 0.272 e. The Hall–Kier alpha value is -2.62. The molecule has 1 amide bonds. The highest BCUT2D eigenvalue weighted by molar-refractivity contribution is 7.89. The van der Waals surface area contributed by atoms with Crippen LogP contribution in [0, 0.1) is 0 Å². The lowest BCUT2D eigenvalue weighted by molar-refractivity contribution is -0.115. The van der Waals surface area contributed by atoms with E-state index in [1.807, 2.05) is 0 Å². The van der Waals surface area contributed by atoms with Crippen LogP contribution in [-0.4, -0.2) is 57.3 Å². The summed E-state index contributed by atoms with van der Waals surface area (Å²) in [6.07, 6.45) is 0.741. The molecule has 1 N–H and O–H groups in total. The average Bonchev–Trinajstić information content (AvgIpc) is 3.09. The van der Waals surface area contributed by atoms with Gasteiger partial charge in [-0.1, -0.05) is 23.7 Å². The predicted octanol–water partition coefficient (Wildman–Crippen LogP) is 2.46. The van der Waals surface area contributed by atoms with Crippen molar-refractivity contribution in [2.24, 2.45) is 4.99 Å². The number of carbonyl (C=O) groups is 1. The van der Waals surface area contributed by atoms with E-state index in [1.165, 1.54) is 30.7 Å². The fraction of sp³-hybridized carbons (Fsp3) is 0.333. The van der Waals surface area contributed by atoms with Gasteiger partial charge >= 0.3 is 0 Å². The number of carbonyl (C=O) groups excluding carboxylic acids is 1. The molecule has 4 rings (SSSR count). The fourth-order valence-electron chi connectivity index (χ4n) is 3.85. The normalized spacial score (nSPS) is 18.5. The molecule has 0 aliphatic carbocycles. The van der Waals surface area contributed by atoms with E-state index in [0.29, 0.717) is 40.6 Å². The molecule has 8 nitrogen and oxygen atoms in total. The van der Waals surface area contributed by atoms with Crippen molar-refractivity contribution in [2.75, 3.05) is 27.3 Å². The summed E-state index contributed by atoms with van der Waals surface area (Å²) in [6.45, 7) is 0.451. The number of sulfonamides is 1. The summed E-state index contributed by atoms with van der Waals surface area (Å²) in [4.78, 5) is 17.3. The zero-order valence-corrected chi connectivity index (χ0v) is 18.7. The first-order valence-electron chi connectivity index (χ1n) is 9.68. The largest absolute Gasteiger partial charge is 0.493 e. The Morgan fingerprint density at radius 3 is 2.42 bits per heavy atom. The lowest BCUT2D eigenvalue weighted by Gasteiger charge is -2.36. The number of halogens is 1. The molecule has 2 heterocycles. The first-order chi connectivity index (χ1) is 14.8. The van der Waals surface area contributed by atoms with E-state index >= 15 is 0 Å². The van der Waals surface area contributed by atoms with Gasteiger partial charge in [0.05, 0.1) is 19.1 Å². The minimum Gasteiger partial charge on any atom is -0.493 e. The van der Waals surface area contributed by atoms with Gasteiger partial charge in [-0.2, -0.15) is 4.31 Å². The van der Waals surface area contributed by atoms with Crippen LogP contribution in [0.2, 0.25) is 5.02 Å². The molecular weight excluding hydrogens is 442 g/mol. The van der Waals surface area contributed by atoms with Crippen LogP contribution >= 0.6 is 11.6 Å². The number of methoxy groups -OCH3 is 2. The Balaban J connectivity index is 1.54.